The molecule has 0 fully saturated rings. The van der Waals surface area contributed by atoms with Gasteiger partial charge in [0.1, 0.15) is 5.75 Å². The zero-order valence-electron chi connectivity index (χ0n) is 12.5. The second-order valence-electron chi connectivity index (χ2n) is 4.83. The van der Waals surface area contributed by atoms with Crippen molar-refractivity contribution in [2.45, 2.75) is 6.92 Å². The Labute approximate surface area is 153 Å². The number of hydrazine groups is 1. The summed E-state index contributed by atoms with van der Waals surface area (Å²) in [4.78, 5) is 23.7. The third kappa shape index (κ3) is 5.03. The fourth-order valence-electron chi connectivity index (χ4n) is 1.76. The number of halogens is 3. The van der Waals surface area contributed by atoms with E-state index in [1.165, 1.54) is 12.1 Å². The largest absolute Gasteiger partial charge is 0.484 e. The summed E-state index contributed by atoms with van der Waals surface area (Å²) in [6.45, 7) is 1.55. The maximum absolute atomic E-state index is 12.0. The normalized spacial score (nSPS) is 10.2. The van der Waals surface area contributed by atoms with E-state index in [2.05, 4.69) is 10.9 Å². The number of carbonyl (C=O) groups excluding carboxylic acids is 2. The number of amides is 2. The Balaban J connectivity index is 1.85. The molecule has 2 rings (SSSR count). The summed E-state index contributed by atoms with van der Waals surface area (Å²) in [5.74, 6) is -0.622. The Hall–Kier alpha value is -1.95. The van der Waals surface area contributed by atoms with Crippen LogP contribution in [0.3, 0.4) is 0 Å². The molecule has 0 unspecified atom stereocenters. The van der Waals surface area contributed by atoms with E-state index in [0.29, 0.717) is 15.8 Å². The highest BCUT2D eigenvalue weighted by atomic mass is 35.5. The van der Waals surface area contributed by atoms with Crippen molar-refractivity contribution < 1.29 is 14.3 Å². The van der Waals surface area contributed by atoms with Gasteiger partial charge >= 0.3 is 0 Å². The van der Waals surface area contributed by atoms with Crippen LogP contribution in [-0.4, -0.2) is 18.4 Å². The van der Waals surface area contributed by atoms with E-state index < -0.39 is 11.8 Å². The summed E-state index contributed by atoms with van der Waals surface area (Å²) >= 11 is 17.6. The quantitative estimate of drug-likeness (QED) is 0.784. The number of aryl methyl sites for hydroxylation is 1. The zero-order chi connectivity index (χ0) is 17.7. The van der Waals surface area contributed by atoms with Gasteiger partial charge in [-0.15, -0.1) is 0 Å². The van der Waals surface area contributed by atoms with Crippen LogP contribution in [0, 0.1) is 6.92 Å². The van der Waals surface area contributed by atoms with Crippen molar-refractivity contribution in [3.05, 3.63) is 62.6 Å². The van der Waals surface area contributed by atoms with Crippen LogP contribution in [0.2, 0.25) is 15.1 Å². The minimum absolute atomic E-state index is 0.152. The molecule has 8 heteroatoms. The molecule has 0 saturated heterocycles. The predicted molar refractivity (Wildman–Crippen MR) is 93.8 cm³/mol. The summed E-state index contributed by atoms with van der Waals surface area (Å²) in [6.07, 6.45) is 0. The Bertz CT molecular complexity index is 781. The van der Waals surface area contributed by atoms with Gasteiger partial charge in [0.05, 0.1) is 10.6 Å². The maximum atomic E-state index is 12.0. The summed E-state index contributed by atoms with van der Waals surface area (Å²) in [5, 5.41) is 1.19. The second-order valence-corrected chi connectivity index (χ2v) is 6.08. The van der Waals surface area contributed by atoms with Gasteiger partial charge in [-0.25, -0.2) is 0 Å². The lowest BCUT2D eigenvalue weighted by Crippen LogP contribution is -2.43. The van der Waals surface area contributed by atoms with Crippen molar-refractivity contribution in [3.8, 4) is 5.75 Å². The lowest BCUT2D eigenvalue weighted by atomic mass is 10.2. The monoisotopic (exact) mass is 386 g/mol. The van der Waals surface area contributed by atoms with Crippen LogP contribution in [0.5, 0.6) is 5.75 Å². The van der Waals surface area contributed by atoms with Gasteiger partial charge in [0.25, 0.3) is 11.8 Å². The van der Waals surface area contributed by atoms with E-state index in [0.717, 1.165) is 5.56 Å². The summed E-state index contributed by atoms with van der Waals surface area (Å²) in [7, 11) is 0. The van der Waals surface area contributed by atoms with Gasteiger partial charge in [-0.05, 0) is 48.9 Å². The molecule has 0 aliphatic rings. The number of hydrogen-bond acceptors (Lipinski definition) is 3. The zero-order valence-corrected chi connectivity index (χ0v) is 14.8. The molecule has 126 valence electrons. The number of ether oxygens (including phenoxy) is 1. The first-order valence-electron chi connectivity index (χ1n) is 6.80. The molecule has 2 aromatic rings. The Morgan fingerprint density at radius 3 is 2.42 bits per heavy atom. The van der Waals surface area contributed by atoms with E-state index in [4.69, 9.17) is 39.5 Å². The fourth-order valence-corrected chi connectivity index (χ4v) is 2.25. The Morgan fingerprint density at radius 1 is 1.00 bits per heavy atom. The molecule has 0 spiro atoms. The van der Waals surface area contributed by atoms with Crippen molar-refractivity contribution in [3.63, 3.8) is 0 Å². The van der Waals surface area contributed by atoms with Gasteiger partial charge in [0.15, 0.2) is 6.61 Å². The summed E-state index contributed by atoms with van der Waals surface area (Å²) in [5.41, 5.74) is 5.46. The van der Waals surface area contributed by atoms with E-state index >= 15 is 0 Å². The standard InChI is InChI=1S/C16H13Cl3N2O3/c1-9-6-11(3-5-13(9)18)24-8-15(22)20-21-16(23)12-7-10(17)2-4-14(12)19/h2-7H,8H2,1H3,(H,20,22)(H,21,23). The van der Waals surface area contributed by atoms with Gasteiger partial charge in [-0.1, -0.05) is 34.8 Å². The van der Waals surface area contributed by atoms with Gasteiger partial charge in [0.2, 0.25) is 0 Å². The molecule has 0 radical (unpaired) electrons. The second kappa shape index (κ2) is 8.24. The first-order chi connectivity index (χ1) is 11.4. The van der Waals surface area contributed by atoms with Crippen LogP contribution in [0.1, 0.15) is 15.9 Å². The van der Waals surface area contributed by atoms with Crippen LogP contribution in [0.25, 0.3) is 0 Å². The smallest absolute Gasteiger partial charge is 0.276 e. The lowest BCUT2D eigenvalue weighted by molar-refractivity contribution is -0.123. The highest BCUT2D eigenvalue weighted by Gasteiger charge is 2.12. The molecule has 2 N–H and O–H groups in total. The average molecular weight is 388 g/mol. The van der Waals surface area contributed by atoms with Crippen LogP contribution in [-0.2, 0) is 4.79 Å². The number of rotatable bonds is 4. The minimum Gasteiger partial charge on any atom is -0.484 e. The average Bonchev–Trinajstić information content (AvgIpc) is 2.56. The molecule has 24 heavy (non-hydrogen) atoms. The third-order valence-electron chi connectivity index (χ3n) is 2.99. The van der Waals surface area contributed by atoms with Crippen LogP contribution >= 0.6 is 34.8 Å². The maximum Gasteiger partial charge on any atom is 0.276 e. The Kier molecular flexibility index (Phi) is 6.31. The van der Waals surface area contributed by atoms with Crippen molar-refractivity contribution in [1.29, 1.82) is 0 Å². The SMILES string of the molecule is Cc1cc(OCC(=O)NNC(=O)c2cc(Cl)ccc2Cl)ccc1Cl. The van der Waals surface area contributed by atoms with E-state index in [1.807, 2.05) is 6.92 Å². The molecule has 2 aromatic carbocycles. The molecular weight excluding hydrogens is 375 g/mol. The van der Waals surface area contributed by atoms with Gasteiger partial charge in [-0.2, -0.15) is 0 Å². The molecule has 0 aliphatic carbocycles. The van der Waals surface area contributed by atoms with Crippen molar-refractivity contribution in [1.82, 2.24) is 10.9 Å². The predicted octanol–water partition coefficient (Wildman–Crippen LogP) is 3.80. The van der Waals surface area contributed by atoms with Crippen LogP contribution in [0.15, 0.2) is 36.4 Å². The summed E-state index contributed by atoms with van der Waals surface area (Å²) < 4.78 is 5.32. The highest BCUT2D eigenvalue weighted by molar-refractivity contribution is 6.35. The molecule has 0 bridgehead atoms. The van der Waals surface area contributed by atoms with Crippen LogP contribution in [0.4, 0.5) is 0 Å². The molecular formula is C16H13Cl3N2O3. The topological polar surface area (TPSA) is 67.4 Å². The molecule has 0 aromatic heterocycles. The third-order valence-corrected chi connectivity index (χ3v) is 3.98. The van der Waals surface area contributed by atoms with E-state index in [-0.39, 0.29) is 17.2 Å². The molecule has 0 saturated carbocycles. The fraction of sp³-hybridized carbons (Fsp3) is 0.125. The van der Waals surface area contributed by atoms with E-state index in [9.17, 15) is 9.59 Å². The van der Waals surface area contributed by atoms with Crippen LogP contribution < -0.4 is 15.6 Å². The minimum atomic E-state index is -0.585. The number of benzene rings is 2. The molecule has 0 atom stereocenters. The van der Waals surface area contributed by atoms with Crippen molar-refractivity contribution in [2.75, 3.05) is 6.61 Å². The lowest BCUT2D eigenvalue weighted by Gasteiger charge is -2.10. The van der Waals surface area contributed by atoms with Gasteiger partial charge < -0.3 is 4.74 Å². The number of nitrogens with one attached hydrogen (secondary N) is 2. The number of carbonyl (C=O) groups is 2. The van der Waals surface area contributed by atoms with Gasteiger partial charge in [0, 0.05) is 10.0 Å². The first-order valence-corrected chi connectivity index (χ1v) is 7.93. The Morgan fingerprint density at radius 2 is 1.71 bits per heavy atom. The van der Waals surface area contributed by atoms with Crippen molar-refractivity contribution >= 4 is 46.6 Å². The molecule has 2 amide bonds. The first kappa shape index (κ1) is 18.4. The van der Waals surface area contributed by atoms with E-state index in [1.54, 1.807) is 24.3 Å². The molecule has 0 aliphatic heterocycles. The van der Waals surface area contributed by atoms with Gasteiger partial charge in [-0.3, -0.25) is 20.4 Å². The highest BCUT2D eigenvalue weighted by Crippen LogP contribution is 2.21. The summed E-state index contributed by atoms with van der Waals surface area (Å²) in [6, 6.07) is 9.48. The molecule has 5 nitrogen and oxygen atoms in total. The number of hydrogen-bond donors (Lipinski definition) is 2. The van der Waals surface area contributed by atoms with Crippen molar-refractivity contribution in [2.24, 2.45) is 0 Å². The molecule has 0 heterocycles.